The number of aromatic nitrogens is 3. The number of rotatable bonds is 9. The van der Waals surface area contributed by atoms with Gasteiger partial charge < -0.3 is 33.4 Å². The zero-order valence-electron chi connectivity index (χ0n) is 25.9. The van der Waals surface area contributed by atoms with Crippen molar-refractivity contribution in [3.63, 3.8) is 0 Å². The van der Waals surface area contributed by atoms with Crippen molar-refractivity contribution in [1.29, 1.82) is 0 Å². The lowest BCUT2D eigenvalue weighted by Crippen LogP contribution is -2.41. The quantitative estimate of drug-likeness (QED) is 0.274. The first-order valence-corrected chi connectivity index (χ1v) is 19.0. The van der Waals surface area contributed by atoms with E-state index in [4.69, 9.17) is 49.8 Å². The van der Waals surface area contributed by atoms with Crippen molar-refractivity contribution < 1.29 is 33.4 Å². The van der Waals surface area contributed by atoms with Gasteiger partial charge in [0.2, 0.25) is 0 Å². The predicted octanol–water partition coefficient (Wildman–Crippen LogP) is 4.27. The highest BCUT2D eigenvalue weighted by molar-refractivity contribution is 6.76. The fourth-order valence-electron chi connectivity index (χ4n) is 5.41. The molecule has 43 heavy (non-hydrogen) atoms. The minimum absolute atomic E-state index is 0.221. The van der Waals surface area contributed by atoms with Crippen LogP contribution in [0.1, 0.15) is 27.7 Å². The van der Waals surface area contributed by atoms with Crippen LogP contribution < -0.4 is 10.2 Å². The number of hydrogen-bond acceptors (Lipinski definition) is 9. The highest BCUT2D eigenvalue weighted by Crippen LogP contribution is 2.37. The number of nitrogens with zero attached hydrogens (tertiary/aromatic N) is 3. The first-order chi connectivity index (χ1) is 20.2. The molecule has 3 aliphatic heterocycles. The Morgan fingerprint density at radius 1 is 1.02 bits per heavy atom. The topological polar surface area (TPSA) is 106 Å². The molecule has 3 fully saturated rings. The maximum atomic E-state index is 10.2. The van der Waals surface area contributed by atoms with E-state index in [1.807, 2.05) is 62.6 Å². The SMILES string of the molecule is CC1(C)OB(c2ccc(-c3nc4nc(O[C@@H]5CO[C@H]6C5OC[C@H]6O)n(COCC[Si](C)(C)C)c4cc3Cl)cc2)OC1(C)C. The molecule has 4 atom stereocenters. The molecular weight excluding hydrogens is 589 g/mol. The third-order valence-electron chi connectivity index (χ3n) is 8.82. The zero-order chi connectivity index (χ0) is 30.7. The standard InChI is InChI=1S/C30H41BClN3O7Si/c1-29(2)30(3,4)42-31(41-29)19-10-8-18(9-11-19)24-20(32)14-21-27(33-24)34-28(35(21)17-37-12-13-43(5,6)7)40-23-16-39-25-22(36)15-38-26(23)25/h8-11,14,22-23,25-26,36H,12-13,15-17H2,1-7H3/t22-,23-,25-,26?/m1/s1. The summed E-state index contributed by atoms with van der Waals surface area (Å²) in [6.45, 7) is 16.5. The average Bonchev–Trinajstić information content (AvgIpc) is 3.64. The van der Waals surface area contributed by atoms with Crippen molar-refractivity contribution in [1.82, 2.24) is 14.5 Å². The van der Waals surface area contributed by atoms with Crippen LogP contribution in [0.5, 0.6) is 6.01 Å². The Morgan fingerprint density at radius 2 is 1.70 bits per heavy atom. The van der Waals surface area contributed by atoms with Crippen molar-refractivity contribution in [3.05, 3.63) is 35.4 Å². The van der Waals surface area contributed by atoms with Crippen molar-refractivity contribution in [2.75, 3.05) is 19.8 Å². The predicted molar refractivity (Wildman–Crippen MR) is 168 cm³/mol. The summed E-state index contributed by atoms with van der Waals surface area (Å²) >= 11 is 6.84. The Hall–Kier alpha value is -2.03. The van der Waals surface area contributed by atoms with Gasteiger partial charge in [-0.25, -0.2) is 4.98 Å². The molecule has 3 aliphatic rings. The molecule has 5 heterocycles. The van der Waals surface area contributed by atoms with Crippen LogP contribution in [0.3, 0.4) is 0 Å². The minimum Gasteiger partial charge on any atom is -0.456 e. The second-order valence-corrected chi connectivity index (χ2v) is 19.9. The number of halogens is 1. The molecule has 0 bridgehead atoms. The van der Waals surface area contributed by atoms with Gasteiger partial charge in [0.25, 0.3) is 0 Å². The number of aliphatic hydroxyl groups is 1. The van der Waals surface area contributed by atoms with E-state index in [9.17, 15) is 5.11 Å². The third kappa shape index (κ3) is 6.13. The largest absolute Gasteiger partial charge is 0.494 e. The second-order valence-electron chi connectivity index (χ2n) is 13.9. The summed E-state index contributed by atoms with van der Waals surface area (Å²) in [5.74, 6) is 0. The van der Waals surface area contributed by atoms with Crippen LogP contribution in [0.25, 0.3) is 22.4 Å². The Balaban J connectivity index is 1.27. The van der Waals surface area contributed by atoms with Crippen LogP contribution in [0, 0.1) is 0 Å². The molecule has 3 aromatic rings. The minimum atomic E-state index is -1.27. The van der Waals surface area contributed by atoms with Crippen LogP contribution in [0.2, 0.25) is 30.7 Å². The first kappa shape index (κ1) is 31.0. The molecule has 0 radical (unpaired) electrons. The molecule has 1 aromatic carbocycles. The van der Waals surface area contributed by atoms with E-state index in [1.165, 1.54) is 0 Å². The molecule has 1 unspecified atom stereocenters. The van der Waals surface area contributed by atoms with E-state index in [0.29, 0.717) is 41.1 Å². The number of ether oxygens (including phenoxy) is 4. The fraction of sp³-hybridized carbons (Fsp3) is 0.600. The Labute approximate surface area is 259 Å². The number of hydrogen-bond donors (Lipinski definition) is 1. The number of aliphatic hydroxyl groups excluding tert-OH is 1. The summed E-state index contributed by atoms with van der Waals surface area (Å²) < 4.78 is 38.3. The Kier molecular flexibility index (Phi) is 8.21. The lowest BCUT2D eigenvalue weighted by atomic mass is 9.79. The number of fused-ring (bicyclic) bond motifs is 2. The smallest absolute Gasteiger partial charge is 0.456 e. The molecule has 1 N–H and O–H groups in total. The molecule has 0 amide bonds. The van der Waals surface area contributed by atoms with Gasteiger partial charge in [-0.1, -0.05) is 55.5 Å². The van der Waals surface area contributed by atoms with E-state index in [1.54, 1.807) is 0 Å². The normalized spacial score (nSPS) is 26.4. The molecular formula is C30H41BClN3O7Si. The molecule has 3 saturated heterocycles. The summed E-state index contributed by atoms with van der Waals surface area (Å²) in [6.07, 6.45) is -1.86. The van der Waals surface area contributed by atoms with Gasteiger partial charge in [-0.15, -0.1) is 0 Å². The highest BCUT2D eigenvalue weighted by atomic mass is 35.5. The van der Waals surface area contributed by atoms with E-state index in [0.717, 1.165) is 17.1 Å². The van der Waals surface area contributed by atoms with E-state index in [2.05, 4.69) is 19.6 Å². The third-order valence-corrected chi connectivity index (χ3v) is 10.8. The van der Waals surface area contributed by atoms with Crippen LogP contribution >= 0.6 is 11.6 Å². The zero-order valence-corrected chi connectivity index (χ0v) is 27.7. The van der Waals surface area contributed by atoms with Gasteiger partial charge in [-0.2, -0.15) is 4.98 Å². The maximum Gasteiger partial charge on any atom is 0.494 e. The van der Waals surface area contributed by atoms with Gasteiger partial charge in [0.1, 0.15) is 25.0 Å². The van der Waals surface area contributed by atoms with Crippen molar-refractivity contribution in [2.24, 2.45) is 0 Å². The van der Waals surface area contributed by atoms with Crippen LogP contribution in [0.15, 0.2) is 30.3 Å². The van der Waals surface area contributed by atoms with Crippen molar-refractivity contribution in [3.8, 4) is 17.3 Å². The maximum absolute atomic E-state index is 10.2. The molecule has 6 rings (SSSR count). The lowest BCUT2D eigenvalue weighted by Gasteiger charge is -2.32. The number of benzene rings is 1. The van der Waals surface area contributed by atoms with Crippen LogP contribution in [0.4, 0.5) is 0 Å². The second kappa shape index (κ2) is 11.4. The van der Waals surface area contributed by atoms with Gasteiger partial charge in [0.15, 0.2) is 11.8 Å². The summed E-state index contributed by atoms with van der Waals surface area (Å²) in [5.41, 5.74) is 2.73. The summed E-state index contributed by atoms with van der Waals surface area (Å²) in [5, 5.41) is 10.7. The van der Waals surface area contributed by atoms with E-state index in [-0.39, 0.29) is 19.4 Å². The van der Waals surface area contributed by atoms with Gasteiger partial charge in [0.05, 0.1) is 40.6 Å². The summed E-state index contributed by atoms with van der Waals surface area (Å²) in [4.78, 5) is 9.63. The van der Waals surface area contributed by atoms with Crippen LogP contribution in [-0.4, -0.2) is 90.3 Å². The Bertz CT molecular complexity index is 1460. The molecule has 0 saturated carbocycles. The fourth-order valence-corrected chi connectivity index (χ4v) is 6.42. The monoisotopic (exact) mass is 629 g/mol. The molecule has 232 valence electrons. The summed E-state index contributed by atoms with van der Waals surface area (Å²) in [6, 6.07) is 11.1. The Morgan fingerprint density at radius 3 is 2.37 bits per heavy atom. The highest BCUT2D eigenvalue weighted by Gasteiger charge is 2.52. The first-order valence-electron chi connectivity index (χ1n) is 14.9. The molecule has 0 spiro atoms. The van der Waals surface area contributed by atoms with E-state index < -0.39 is 44.7 Å². The number of imidazole rings is 1. The van der Waals surface area contributed by atoms with Crippen molar-refractivity contribution in [2.45, 2.75) is 95.7 Å². The van der Waals surface area contributed by atoms with Crippen LogP contribution in [-0.2, 0) is 30.3 Å². The molecule has 0 aliphatic carbocycles. The van der Waals surface area contributed by atoms with Gasteiger partial charge >= 0.3 is 13.1 Å². The summed E-state index contributed by atoms with van der Waals surface area (Å²) in [7, 11) is -1.72. The van der Waals surface area contributed by atoms with Gasteiger partial charge in [-0.05, 0) is 45.3 Å². The molecule has 10 nitrogen and oxygen atoms in total. The average molecular weight is 630 g/mol. The molecule has 2 aromatic heterocycles. The lowest BCUT2D eigenvalue weighted by molar-refractivity contribution is 0.00339. The van der Waals surface area contributed by atoms with Gasteiger partial charge in [0, 0.05) is 20.2 Å². The van der Waals surface area contributed by atoms with Gasteiger partial charge in [-0.3, -0.25) is 4.57 Å². The van der Waals surface area contributed by atoms with E-state index >= 15 is 0 Å². The number of pyridine rings is 1. The molecule has 13 heteroatoms. The van der Waals surface area contributed by atoms with Crippen molar-refractivity contribution >= 4 is 43.4 Å².